The molecule has 1 aromatic carbocycles. The summed E-state index contributed by atoms with van der Waals surface area (Å²) in [4.78, 5) is 10.3. The summed E-state index contributed by atoms with van der Waals surface area (Å²) in [6, 6.07) is 5.11. The molecule has 0 aromatic heterocycles. The molecular formula is C9H10N2O2Se. The van der Waals surface area contributed by atoms with Crippen LogP contribution in [0.2, 0.25) is 0 Å². The van der Waals surface area contributed by atoms with E-state index in [1.807, 2.05) is 19.9 Å². The van der Waals surface area contributed by atoms with Gasteiger partial charge >= 0.3 is 87.8 Å². The third-order valence-electron chi connectivity index (χ3n) is 2.26. The fourth-order valence-corrected chi connectivity index (χ4v) is 3.62. The second kappa shape index (κ2) is 3.05. The number of non-ortho nitro benzene ring substituents is 1. The maximum atomic E-state index is 10.6. The number of benzene rings is 1. The van der Waals surface area contributed by atoms with Gasteiger partial charge < -0.3 is 0 Å². The molecule has 0 aliphatic carbocycles. The molecular weight excluding hydrogens is 247 g/mol. The van der Waals surface area contributed by atoms with E-state index in [0.717, 1.165) is 5.56 Å². The Bertz CT molecular complexity index is 404. The fourth-order valence-electron chi connectivity index (χ4n) is 1.45. The zero-order valence-electron chi connectivity index (χ0n) is 7.90. The van der Waals surface area contributed by atoms with Crippen molar-refractivity contribution in [1.82, 2.24) is 4.33 Å². The topological polar surface area (TPSA) is 55.2 Å². The molecule has 4 nitrogen and oxygen atoms in total. The summed E-state index contributed by atoms with van der Waals surface area (Å²) in [7, 11) is 0. The van der Waals surface area contributed by atoms with Gasteiger partial charge in [0.25, 0.3) is 0 Å². The van der Waals surface area contributed by atoms with Crippen molar-refractivity contribution in [3.05, 3.63) is 33.9 Å². The first-order chi connectivity index (χ1) is 6.50. The second-order valence-electron chi connectivity index (χ2n) is 3.77. The van der Waals surface area contributed by atoms with Gasteiger partial charge in [-0.05, 0) is 0 Å². The van der Waals surface area contributed by atoms with Gasteiger partial charge in [0.1, 0.15) is 0 Å². The van der Waals surface area contributed by atoms with Gasteiger partial charge in [0.05, 0.1) is 0 Å². The first-order valence-corrected chi connectivity index (χ1v) is 5.95. The number of hydrogen-bond donors (Lipinski definition) is 1. The zero-order chi connectivity index (χ0) is 10.3. The number of rotatable bonds is 1. The zero-order valence-corrected chi connectivity index (χ0v) is 9.62. The molecule has 1 aromatic rings. The molecule has 0 amide bonds. The van der Waals surface area contributed by atoms with E-state index in [4.69, 9.17) is 0 Å². The quantitative estimate of drug-likeness (QED) is 0.457. The standard InChI is InChI=1S/C9H10N2O2Se/c1-9(2)7-5-6(11(12)13)3-4-8(7)14-10-9/h3-5,10H,1-2H3. The Kier molecular flexibility index (Phi) is 2.10. The number of nitrogens with zero attached hydrogens (tertiary/aromatic N) is 1. The van der Waals surface area contributed by atoms with E-state index >= 15 is 0 Å². The summed E-state index contributed by atoms with van der Waals surface area (Å²) in [6.45, 7) is 4.09. The van der Waals surface area contributed by atoms with Crippen LogP contribution in [0.15, 0.2) is 18.2 Å². The molecule has 0 radical (unpaired) electrons. The van der Waals surface area contributed by atoms with E-state index in [1.165, 1.54) is 4.46 Å². The molecule has 2 rings (SSSR count). The Labute approximate surface area is 88.2 Å². The van der Waals surface area contributed by atoms with E-state index in [0.29, 0.717) is 0 Å². The minimum atomic E-state index is -0.346. The van der Waals surface area contributed by atoms with Gasteiger partial charge in [-0.25, -0.2) is 0 Å². The summed E-state index contributed by atoms with van der Waals surface area (Å²) in [5, 5.41) is 10.6. The van der Waals surface area contributed by atoms with E-state index in [2.05, 4.69) is 4.33 Å². The van der Waals surface area contributed by atoms with Crippen LogP contribution in [0.3, 0.4) is 0 Å². The Hall–Kier alpha value is -0.901. The van der Waals surface area contributed by atoms with Crippen molar-refractivity contribution >= 4 is 25.3 Å². The van der Waals surface area contributed by atoms with Crippen LogP contribution >= 0.6 is 0 Å². The van der Waals surface area contributed by atoms with Crippen LogP contribution in [0.4, 0.5) is 5.69 Å². The third-order valence-corrected chi connectivity index (χ3v) is 4.76. The Balaban J connectivity index is 2.53. The number of hydrogen-bond acceptors (Lipinski definition) is 3. The maximum absolute atomic E-state index is 10.6. The SMILES string of the molecule is CC1(C)N[Se]c2ccc([N+](=O)[O-])cc21. The molecule has 1 N–H and O–H groups in total. The number of nitro groups is 1. The van der Waals surface area contributed by atoms with Gasteiger partial charge in [0, 0.05) is 0 Å². The molecule has 0 spiro atoms. The average Bonchev–Trinajstić information content (AvgIpc) is 2.42. The van der Waals surface area contributed by atoms with Gasteiger partial charge in [-0.1, -0.05) is 0 Å². The normalized spacial score (nSPS) is 17.9. The van der Waals surface area contributed by atoms with Gasteiger partial charge in [0.2, 0.25) is 0 Å². The minimum absolute atomic E-state index is 0.124. The van der Waals surface area contributed by atoms with Crippen LogP contribution in [-0.4, -0.2) is 20.1 Å². The molecule has 5 heteroatoms. The van der Waals surface area contributed by atoms with Crippen molar-refractivity contribution in [3.63, 3.8) is 0 Å². The van der Waals surface area contributed by atoms with Crippen LogP contribution in [0.25, 0.3) is 0 Å². The van der Waals surface area contributed by atoms with Crippen LogP contribution < -0.4 is 8.79 Å². The van der Waals surface area contributed by atoms with E-state index < -0.39 is 0 Å². The molecule has 0 fully saturated rings. The monoisotopic (exact) mass is 258 g/mol. The summed E-state index contributed by atoms with van der Waals surface area (Å²) < 4.78 is 4.58. The molecule has 1 aliphatic heterocycles. The van der Waals surface area contributed by atoms with E-state index in [9.17, 15) is 10.1 Å². The Morgan fingerprint density at radius 1 is 1.50 bits per heavy atom. The summed E-state index contributed by atoms with van der Waals surface area (Å²) >= 11 is 0.244. The molecule has 0 saturated carbocycles. The Morgan fingerprint density at radius 2 is 2.21 bits per heavy atom. The number of nitro benzene ring substituents is 1. The van der Waals surface area contributed by atoms with Crippen molar-refractivity contribution in [1.29, 1.82) is 0 Å². The Morgan fingerprint density at radius 3 is 2.86 bits per heavy atom. The summed E-state index contributed by atoms with van der Waals surface area (Å²) in [5.74, 6) is 0. The molecule has 1 aliphatic rings. The molecule has 0 atom stereocenters. The second-order valence-corrected chi connectivity index (χ2v) is 5.55. The van der Waals surface area contributed by atoms with Crippen molar-refractivity contribution in [2.24, 2.45) is 0 Å². The van der Waals surface area contributed by atoms with E-state index in [-0.39, 0.29) is 31.3 Å². The first kappa shape index (κ1) is 9.65. The molecule has 14 heavy (non-hydrogen) atoms. The van der Waals surface area contributed by atoms with Gasteiger partial charge in [-0.2, -0.15) is 0 Å². The van der Waals surface area contributed by atoms with Gasteiger partial charge in [0.15, 0.2) is 0 Å². The number of fused-ring (bicyclic) bond motifs is 1. The van der Waals surface area contributed by atoms with Gasteiger partial charge in [-0.3, -0.25) is 0 Å². The predicted octanol–water partition coefficient (Wildman–Crippen LogP) is 0.678. The summed E-state index contributed by atoms with van der Waals surface area (Å²) in [6.07, 6.45) is 0. The molecule has 74 valence electrons. The van der Waals surface area contributed by atoms with Crippen LogP contribution in [0, 0.1) is 10.1 Å². The molecule has 0 unspecified atom stereocenters. The van der Waals surface area contributed by atoms with Crippen molar-refractivity contribution in [3.8, 4) is 0 Å². The molecule has 0 saturated heterocycles. The van der Waals surface area contributed by atoms with Gasteiger partial charge in [-0.15, -0.1) is 0 Å². The van der Waals surface area contributed by atoms with E-state index in [1.54, 1.807) is 12.1 Å². The van der Waals surface area contributed by atoms with Crippen molar-refractivity contribution in [2.45, 2.75) is 19.4 Å². The van der Waals surface area contributed by atoms with Crippen LogP contribution in [0.5, 0.6) is 0 Å². The van der Waals surface area contributed by atoms with Crippen molar-refractivity contribution in [2.75, 3.05) is 0 Å². The van der Waals surface area contributed by atoms with Crippen LogP contribution in [-0.2, 0) is 5.54 Å². The average molecular weight is 257 g/mol. The molecule has 0 bridgehead atoms. The third kappa shape index (κ3) is 1.43. The first-order valence-electron chi connectivity index (χ1n) is 4.24. The number of nitrogens with one attached hydrogen (secondary N) is 1. The summed E-state index contributed by atoms with van der Waals surface area (Å²) in [5.41, 5.74) is 1.12. The van der Waals surface area contributed by atoms with Crippen molar-refractivity contribution < 1.29 is 4.92 Å². The predicted molar refractivity (Wildman–Crippen MR) is 54.6 cm³/mol. The fraction of sp³-hybridized carbons (Fsp3) is 0.333. The molecule has 1 heterocycles. The van der Waals surface area contributed by atoms with Crippen LogP contribution in [0.1, 0.15) is 19.4 Å².